The van der Waals surface area contributed by atoms with Gasteiger partial charge in [0.05, 0.1) is 12.0 Å². The minimum atomic E-state index is -0.411. The SMILES string of the molecule is CCC(C)CC=C(C)C1(C)C(=O)OCCC1C. The molecule has 3 unspecified atom stereocenters. The maximum atomic E-state index is 12.0. The summed E-state index contributed by atoms with van der Waals surface area (Å²) in [6, 6.07) is 0. The van der Waals surface area contributed by atoms with Crippen LogP contribution in [0.15, 0.2) is 11.6 Å². The number of allylic oxidation sites excluding steroid dienone is 1. The first-order valence-electron chi connectivity index (χ1n) is 6.77. The number of carbonyl (C=O) groups is 1. The van der Waals surface area contributed by atoms with Crippen molar-refractivity contribution in [2.24, 2.45) is 17.3 Å². The van der Waals surface area contributed by atoms with E-state index in [2.05, 4.69) is 33.8 Å². The molecule has 0 aromatic heterocycles. The zero-order chi connectivity index (χ0) is 13.1. The van der Waals surface area contributed by atoms with Gasteiger partial charge in [-0.15, -0.1) is 0 Å². The van der Waals surface area contributed by atoms with Gasteiger partial charge in [0.25, 0.3) is 0 Å². The van der Waals surface area contributed by atoms with Crippen LogP contribution in [0, 0.1) is 17.3 Å². The van der Waals surface area contributed by atoms with E-state index < -0.39 is 5.41 Å². The van der Waals surface area contributed by atoms with Crippen LogP contribution >= 0.6 is 0 Å². The third kappa shape index (κ3) is 2.91. The first-order valence-corrected chi connectivity index (χ1v) is 6.77. The molecule has 2 nitrogen and oxygen atoms in total. The number of carbonyl (C=O) groups excluding carboxylic acids is 1. The van der Waals surface area contributed by atoms with E-state index in [-0.39, 0.29) is 5.97 Å². The van der Waals surface area contributed by atoms with Gasteiger partial charge in [-0.25, -0.2) is 0 Å². The van der Waals surface area contributed by atoms with Crippen molar-refractivity contribution in [2.45, 2.75) is 53.9 Å². The maximum Gasteiger partial charge on any atom is 0.316 e. The zero-order valence-corrected chi connectivity index (χ0v) is 11.9. The van der Waals surface area contributed by atoms with Crippen LogP contribution in [-0.2, 0) is 9.53 Å². The summed E-state index contributed by atoms with van der Waals surface area (Å²) in [5.41, 5.74) is 0.765. The van der Waals surface area contributed by atoms with E-state index in [0.717, 1.165) is 12.8 Å². The molecule has 1 aliphatic heterocycles. The molecule has 0 spiro atoms. The normalized spacial score (nSPS) is 32.2. The molecule has 0 aliphatic carbocycles. The lowest BCUT2D eigenvalue weighted by Gasteiger charge is -2.38. The van der Waals surface area contributed by atoms with Crippen LogP contribution in [0.25, 0.3) is 0 Å². The van der Waals surface area contributed by atoms with Gasteiger partial charge in [-0.1, -0.05) is 38.8 Å². The summed E-state index contributed by atoms with van der Waals surface area (Å²) in [5.74, 6) is 1.01. The number of cyclic esters (lactones) is 1. The second kappa shape index (κ2) is 5.70. The predicted molar refractivity (Wildman–Crippen MR) is 70.7 cm³/mol. The largest absolute Gasteiger partial charge is 0.465 e. The van der Waals surface area contributed by atoms with Crippen molar-refractivity contribution >= 4 is 5.97 Å². The summed E-state index contributed by atoms with van der Waals surface area (Å²) in [6.45, 7) is 11.3. The molecule has 0 N–H and O–H groups in total. The standard InChI is InChI=1S/C15H26O2/c1-6-11(2)7-8-12(3)15(5)13(4)9-10-17-14(15)16/h8,11,13H,6-7,9-10H2,1-5H3. The number of hydrogen-bond donors (Lipinski definition) is 0. The molecule has 0 aromatic carbocycles. The minimum absolute atomic E-state index is 0.0471. The van der Waals surface area contributed by atoms with Crippen LogP contribution in [-0.4, -0.2) is 12.6 Å². The molecule has 1 aliphatic rings. The highest BCUT2D eigenvalue weighted by atomic mass is 16.5. The second-order valence-corrected chi connectivity index (χ2v) is 5.66. The van der Waals surface area contributed by atoms with Crippen molar-refractivity contribution in [1.82, 2.24) is 0 Å². The zero-order valence-electron chi connectivity index (χ0n) is 11.9. The van der Waals surface area contributed by atoms with Crippen LogP contribution in [0.2, 0.25) is 0 Å². The third-order valence-electron chi connectivity index (χ3n) is 4.54. The van der Waals surface area contributed by atoms with Gasteiger partial charge in [-0.2, -0.15) is 0 Å². The Morgan fingerprint density at radius 2 is 2.29 bits per heavy atom. The molecule has 17 heavy (non-hydrogen) atoms. The van der Waals surface area contributed by atoms with Crippen LogP contribution in [0.4, 0.5) is 0 Å². The molecule has 0 aromatic rings. The van der Waals surface area contributed by atoms with Crippen molar-refractivity contribution in [1.29, 1.82) is 0 Å². The summed E-state index contributed by atoms with van der Waals surface area (Å²) in [4.78, 5) is 12.0. The van der Waals surface area contributed by atoms with E-state index in [1.165, 1.54) is 12.0 Å². The lowest BCUT2D eigenvalue weighted by Crippen LogP contribution is -2.42. The second-order valence-electron chi connectivity index (χ2n) is 5.66. The van der Waals surface area contributed by atoms with E-state index >= 15 is 0 Å². The van der Waals surface area contributed by atoms with Crippen LogP contribution in [0.3, 0.4) is 0 Å². The highest BCUT2D eigenvalue weighted by Crippen LogP contribution is 2.41. The summed E-state index contributed by atoms with van der Waals surface area (Å²) in [6.07, 6.45) is 5.44. The molecule has 0 bridgehead atoms. The van der Waals surface area contributed by atoms with E-state index in [9.17, 15) is 4.79 Å². The maximum absolute atomic E-state index is 12.0. The summed E-state index contributed by atoms with van der Waals surface area (Å²) < 4.78 is 5.24. The van der Waals surface area contributed by atoms with E-state index in [1.807, 2.05) is 6.92 Å². The molecule has 2 heteroatoms. The Morgan fingerprint density at radius 3 is 2.82 bits per heavy atom. The van der Waals surface area contributed by atoms with Crippen molar-refractivity contribution < 1.29 is 9.53 Å². The Kier molecular flexibility index (Phi) is 4.79. The molecule has 1 rings (SSSR count). The fourth-order valence-corrected chi connectivity index (χ4v) is 2.27. The van der Waals surface area contributed by atoms with Gasteiger partial charge in [0.2, 0.25) is 0 Å². The van der Waals surface area contributed by atoms with Crippen molar-refractivity contribution in [3.63, 3.8) is 0 Å². The van der Waals surface area contributed by atoms with Crippen molar-refractivity contribution in [3.8, 4) is 0 Å². The van der Waals surface area contributed by atoms with Crippen LogP contribution in [0.5, 0.6) is 0 Å². The summed E-state index contributed by atoms with van der Waals surface area (Å²) in [5, 5.41) is 0. The molecule has 1 heterocycles. The molecular weight excluding hydrogens is 212 g/mol. The third-order valence-corrected chi connectivity index (χ3v) is 4.54. The summed E-state index contributed by atoms with van der Waals surface area (Å²) >= 11 is 0. The molecule has 1 fully saturated rings. The molecule has 98 valence electrons. The van der Waals surface area contributed by atoms with Gasteiger partial charge in [0.15, 0.2) is 0 Å². The Balaban J connectivity index is 2.83. The van der Waals surface area contributed by atoms with Crippen LogP contribution < -0.4 is 0 Å². The van der Waals surface area contributed by atoms with E-state index in [0.29, 0.717) is 18.4 Å². The van der Waals surface area contributed by atoms with Crippen molar-refractivity contribution in [3.05, 3.63) is 11.6 Å². The van der Waals surface area contributed by atoms with Crippen LogP contribution in [0.1, 0.15) is 53.9 Å². The minimum Gasteiger partial charge on any atom is -0.465 e. The van der Waals surface area contributed by atoms with Gasteiger partial charge < -0.3 is 4.74 Å². The van der Waals surface area contributed by atoms with Gasteiger partial charge in [0.1, 0.15) is 0 Å². The quantitative estimate of drug-likeness (QED) is 0.547. The topological polar surface area (TPSA) is 26.3 Å². The number of hydrogen-bond acceptors (Lipinski definition) is 2. The first-order chi connectivity index (χ1) is 7.92. The Morgan fingerprint density at radius 1 is 1.65 bits per heavy atom. The van der Waals surface area contributed by atoms with E-state index in [4.69, 9.17) is 4.74 Å². The van der Waals surface area contributed by atoms with Gasteiger partial charge in [-0.05, 0) is 38.5 Å². The van der Waals surface area contributed by atoms with Crippen molar-refractivity contribution in [2.75, 3.05) is 6.61 Å². The fraction of sp³-hybridized carbons (Fsp3) is 0.800. The molecule has 3 atom stereocenters. The summed E-state index contributed by atoms with van der Waals surface area (Å²) in [7, 11) is 0. The number of rotatable bonds is 4. The highest BCUT2D eigenvalue weighted by molar-refractivity contribution is 5.81. The monoisotopic (exact) mass is 238 g/mol. The smallest absolute Gasteiger partial charge is 0.316 e. The molecule has 1 saturated heterocycles. The molecule has 0 amide bonds. The molecule has 0 radical (unpaired) electrons. The number of esters is 1. The average molecular weight is 238 g/mol. The lowest BCUT2D eigenvalue weighted by molar-refractivity contribution is -0.162. The number of ether oxygens (including phenoxy) is 1. The lowest BCUT2D eigenvalue weighted by atomic mass is 9.70. The molecular formula is C15H26O2. The van der Waals surface area contributed by atoms with Gasteiger partial charge in [0, 0.05) is 0 Å². The first kappa shape index (κ1) is 14.3. The van der Waals surface area contributed by atoms with Gasteiger partial charge in [-0.3, -0.25) is 4.79 Å². The van der Waals surface area contributed by atoms with Gasteiger partial charge >= 0.3 is 5.97 Å². The average Bonchev–Trinajstić information content (AvgIpc) is 2.32. The molecule has 0 saturated carbocycles. The highest BCUT2D eigenvalue weighted by Gasteiger charge is 2.44. The fourth-order valence-electron chi connectivity index (χ4n) is 2.27. The Bertz CT molecular complexity index is 306. The predicted octanol–water partition coefficient (Wildman–Crippen LogP) is 3.96. The van der Waals surface area contributed by atoms with E-state index in [1.54, 1.807) is 0 Å². The Labute approximate surface area is 105 Å². The Hall–Kier alpha value is -0.790.